The van der Waals surface area contributed by atoms with E-state index in [0.29, 0.717) is 24.2 Å². The lowest BCUT2D eigenvalue weighted by molar-refractivity contribution is 0.105. The molecule has 1 aromatic carbocycles. The number of hydrogen-bond acceptors (Lipinski definition) is 4. The number of ether oxygens (including phenoxy) is 1. The standard InChI is InChI=1S/C24H24FN4O2P/c25-22-7-3-8-24(32)21(22)16-31-15-17-12-27-23(14-30)20(17)6-4-9-26-13-18-11-19-5-1-2-10-29(19)28-18/h1-5,7-12,14,26-27H,6,13,15-16,32H2/b9-4-. The highest BCUT2D eigenvalue weighted by Gasteiger charge is 2.11. The third-order valence-electron chi connectivity index (χ3n) is 5.15. The Morgan fingerprint density at radius 1 is 1.19 bits per heavy atom. The summed E-state index contributed by atoms with van der Waals surface area (Å²) < 4.78 is 21.5. The molecule has 6 nitrogen and oxygen atoms in total. The third-order valence-corrected chi connectivity index (χ3v) is 5.69. The maximum atomic E-state index is 14.0. The summed E-state index contributed by atoms with van der Waals surface area (Å²) in [5.74, 6) is -0.292. The summed E-state index contributed by atoms with van der Waals surface area (Å²) in [7, 11) is 2.52. The zero-order valence-corrected chi connectivity index (χ0v) is 18.6. The molecule has 0 radical (unpaired) electrons. The molecule has 164 valence electrons. The van der Waals surface area contributed by atoms with Gasteiger partial charge in [-0.05, 0) is 53.3 Å². The number of carbonyl (C=O) groups is 1. The molecule has 0 bridgehead atoms. The summed E-state index contributed by atoms with van der Waals surface area (Å²) in [5.41, 5.74) is 4.76. The van der Waals surface area contributed by atoms with Gasteiger partial charge in [-0.2, -0.15) is 5.10 Å². The van der Waals surface area contributed by atoms with Crippen LogP contribution in [-0.4, -0.2) is 20.9 Å². The van der Waals surface area contributed by atoms with Crippen LogP contribution in [-0.2, 0) is 30.9 Å². The van der Waals surface area contributed by atoms with Crippen LogP contribution in [0.2, 0.25) is 0 Å². The average Bonchev–Trinajstić information content (AvgIpc) is 3.38. The number of nitrogens with one attached hydrogen (secondary N) is 2. The van der Waals surface area contributed by atoms with E-state index in [1.54, 1.807) is 12.3 Å². The molecule has 3 heterocycles. The molecule has 4 aromatic rings. The van der Waals surface area contributed by atoms with Gasteiger partial charge >= 0.3 is 0 Å². The Morgan fingerprint density at radius 3 is 2.91 bits per heavy atom. The van der Waals surface area contributed by atoms with Gasteiger partial charge in [0.25, 0.3) is 0 Å². The van der Waals surface area contributed by atoms with Crippen LogP contribution < -0.4 is 10.6 Å². The van der Waals surface area contributed by atoms with Gasteiger partial charge in [-0.1, -0.05) is 24.3 Å². The van der Waals surface area contributed by atoms with Gasteiger partial charge in [0, 0.05) is 18.0 Å². The minimum absolute atomic E-state index is 0.156. The molecule has 8 heteroatoms. The molecular formula is C24H24FN4O2P. The first-order chi connectivity index (χ1) is 15.7. The summed E-state index contributed by atoms with van der Waals surface area (Å²) >= 11 is 0. The van der Waals surface area contributed by atoms with Crippen molar-refractivity contribution in [2.24, 2.45) is 0 Å². The third kappa shape index (κ3) is 5.13. The fourth-order valence-electron chi connectivity index (χ4n) is 3.48. The number of rotatable bonds is 10. The first kappa shape index (κ1) is 21.9. The van der Waals surface area contributed by atoms with Crippen molar-refractivity contribution in [3.8, 4) is 0 Å². The normalized spacial score (nSPS) is 11.4. The number of carbonyl (C=O) groups excluding carboxylic acids is 1. The predicted octanol–water partition coefficient (Wildman–Crippen LogP) is 3.68. The SMILES string of the molecule is O=Cc1[nH]cc(COCc2c(F)cccc2P)c1C/C=C\NCc1cc2ccccn2n1. The van der Waals surface area contributed by atoms with Crippen molar-refractivity contribution >= 4 is 26.3 Å². The lowest BCUT2D eigenvalue weighted by Gasteiger charge is -2.09. The van der Waals surface area contributed by atoms with Crippen LogP contribution >= 0.6 is 9.24 Å². The molecule has 0 fully saturated rings. The second-order valence-corrected chi connectivity index (χ2v) is 7.94. The van der Waals surface area contributed by atoms with E-state index in [2.05, 4.69) is 24.6 Å². The van der Waals surface area contributed by atoms with Gasteiger partial charge in [0.1, 0.15) is 5.82 Å². The molecule has 0 amide bonds. The summed E-state index contributed by atoms with van der Waals surface area (Å²) in [6.07, 6.45) is 8.85. The topological polar surface area (TPSA) is 71.4 Å². The van der Waals surface area contributed by atoms with Crippen molar-refractivity contribution in [2.75, 3.05) is 0 Å². The number of halogens is 1. The Labute approximate surface area is 187 Å². The second-order valence-electron chi connectivity index (χ2n) is 7.32. The van der Waals surface area contributed by atoms with E-state index in [-0.39, 0.29) is 19.0 Å². The molecule has 1 atom stereocenters. The van der Waals surface area contributed by atoms with E-state index < -0.39 is 0 Å². The van der Waals surface area contributed by atoms with Gasteiger partial charge in [-0.15, -0.1) is 9.24 Å². The van der Waals surface area contributed by atoms with Crippen molar-refractivity contribution in [3.63, 3.8) is 0 Å². The number of allylic oxidation sites excluding steroid dienone is 1. The molecule has 2 N–H and O–H groups in total. The van der Waals surface area contributed by atoms with Crippen LogP contribution in [0.1, 0.15) is 32.9 Å². The molecule has 0 aliphatic rings. The van der Waals surface area contributed by atoms with Crippen LogP contribution in [0, 0.1) is 5.82 Å². The highest BCUT2D eigenvalue weighted by molar-refractivity contribution is 7.27. The number of aldehydes is 1. The zero-order valence-electron chi connectivity index (χ0n) is 17.4. The Kier molecular flexibility index (Phi) is 7.10. The first-order valence-electron chi connectivity index (χ1n) is 10.2. The Morgan fingerprint density at radius 2 is 2.09 bits per heavy atom. The summed E-state index contributed by atoms with van der Waals surface area (Å²) in [5, 5.41) is 8.50. The highest BCUT2D eigenvalue weighted by atomic mass is 31.0. The van der Waals surface area contributed by atoms with E-state index in [1.165, 1.54) is 6.07 Å². The van der Waals surface area contributed by atoms with Crippen molar-refractivity contribution in [1.29, 1.82) is 0 Å². The Balaban J connectivity index is 1.32. The molecule has 0 aliphatic carbocycles. The van der Waals surface area contributed by atoms with E-state index in [0.717, 1.165) is 33.9 Å². The van der Waals surface area contributed by atoms with Gasteiger partial charge in [0.05, 0.1) is 36.7 Å². The fraction of sp³-hybridized carbons (Fsp3) is 0.167. The minimum atomic E-state index is -0.292. The van der Waals surface area contributed by atoms with Crippen molar-refractivity contribution < 1.29 is 13.9 Å². The molecule has 0 saturated carbocycles. The number of hydrogen-bond donors (Lipinski definition) is 2. The maximum Gasteiger partial charge on any atom is 0.166 e. The summed E-state index contributed by atoms with van der Waals surface area (Å²) in [6.45, 7) is 1.03. The number of fused-ring (bicyclic) bond motifs is 1. The molecule has 1 unspecified atom stereocenters. The molecule has 0 spiro atoms. The lowest BCUT2D eigenvalue weighted by atomic mass is 10.1. The Hall–Kier alpha value is -3.28. The number of benzene rings is 1. The van der Waals surface area contributed by atoms with Crippen LogP contribution in [0.15, 0.2) is 67.1 Å². The van der Waals surface area contributed by atoms with Gasteiger partial charge in [0.2, 0.25) is 0 Å². The predicted molar refractivity (Wildman–Crippen MR) is 125 cm³/mol. The van der Waals surface area contributed by atoms with E-state index in [1.807, 2.05) is 53.3 Å². The fourth-order valence-corrected chi connectivity index (χ4v) is 3.81. The first-order valence-corrected chi connectivity index (χ1v) is 10.8. The van der Waals surface area contributed by atoms with Crippen molar-refractivity contribution in [2.45, 2.75) is 26.2 Å². The molecule has 3 aromatic heterocycles. The largest absolute Gasteiger partial charge is 0.385 e. The summed E-state index contributed by atoms with van der Waals surface area (Å²) in [6, 6.07) is 12.9. The number of aromatic amines is 1. The average molecular weight is 450 g/mol. The van der Waals surface area contributed by atoms with Crippen LogP contribution in [0.25, 0.3) is 5.52 Å². The van der Waals surface area contributed by atoms with Crippen molar-refractivity contribution in [3.05, 3.63) is 101 Å². The van der Waals surface area contributed by atoms with Gasteiger partial charge < -0.3 is 15.0 Å². The monoisotopic (exact) mass is 450 g/mol. The number of H-pyrrole nitrogens is 1. The molecule has 32 heavy (non-hydrogen) atoms. The molecular weight excluding hydrogens is 426 g/mol. The zero-order chi connectivity index (χ0) is 22.3. The number of aromatic nitrogens is 3. The number of nitrogens with zero attached hydrogens (tertiary/aromatic N) is 2. The van der Waals surface area contributed by atoms with Crippen LogP contribution in [0.4, 0.5) is 4.39 Å². The van der Waals surface area contributed by atoms with E-state index in [9.17, 15) is 9.18 Å². The highest BCUT2D eigenvalue weighted by Crippen LogP contribution is 2.17. The van der Waals surface area contributed by atoms with Gasteiger partial charge in [-0.3, -0.25) is 4.79 Å². The lowest BCUT2D eigenvalue weighted by Crippen LogP contribution is -2.07. The maximum absolute atomic E-state index is 14.0. The van der Waals surface area contributed by atoms with E-state index in [4.69, 9.17) is 4.74 Å². The van der Waals surface area contributed by atoms with E-state index >= 15 is 0 Å². The Bertz CT molecular complexity index is 1190. The van der Waals surface area contributed by atoms with Crippen LogP contribution in [0.5, 0.6) is 0 Å². The molecule has 4 rings (SSSR count). The van der Waals surface area contributed by atoms with Gasteiger partial charge in [0.15, 0.2) is 6.29 Å². The molecule has 0 aliphatic heterocycles. The second kappa shape index (κ2) is 10.4. The number of pyridine rings is 1. The van der Waals surface area contributed by atoms with Crippen LogP contribution in [0.3, 0.4) is 0 Å². The van der Waals surface area contributed by atoms with Crippen molar-refractivity contribution in [1.82, 2.24) is 19.9 Å². The quantitative estimate of drug-likeness (QED) is 0.286. The molecule has 0 saturated heterocycles. The minimum Gasteiger partial charge on any atom is -0.385 e. The van der Waals surface area contributed by atoms with Gasteiger partial charge in [-0.25, -0.2) is 8.91 Å². The summed E-state index contributed by atoms with van der Waals surface area (Å²) in [4.78, 5) is 14.4. The smallest absolute Gasteiger partial charge is 0.166 e.